The Morgan fingerprint density at radius 1 is 1.32 bits per heavy atom. The Labute approximate surface area is 134 Å². The highest BCUT2D eigenvalue weighted by atomic mass is 16.5. The van der Waals surface area contributed by atoms with E-state index in [4.69, 9.17) is 4.74 Å². The SMILES string of the molecule is CCN(CC)[C@@H]1CN(Cc2cnn(C)c2)C[C@@H]2CCCO[C@@H]21. The van der Waals surface area contributed by atoms with Crippen molar-refractivity contribution >= 4 is 0 Å². The van der Waals surface area contributed by atoms with Crippen molar-refractivity contribution in [1.29, 1.82) is 0 Å². The van der Waals surface area contributed by atoms with Gasteiger partial charge in [0, 0.05) is 51.1 Å². The van der Waals surface area contributed by atoms with Crippen molar-refractivity contribution in [3.8, 4) is 0 Å². The maximum Gasteiger partial charge on any atom is 0.0782 e. The number of likely N-dealkylation sites (N-methyl/N-ethyl adjacent to an activating group) is 1. The van der Waals surface area contributed by atoms with Crippen LogP contribution in [0, 0.1) is 5.92 Å². The van der Waals surface area contributed by atoms with Crippen LogP contribution in [0.1, 0.15) is 32.3 Å². The normalized spacial score (nSPS) is 29.7. The van der Waals surface area contributed by atoms with Gasteiger partial charge in [0.2, 0.25) is 0 Å². The third-order valence-corrected chi connectivity index (χ3v) is 5.26. The first kappa shape index (κ1) is 16.0. The fourth-order valence-corrected chi connectivity index (χ4v) is 4.22. The summed E-state index contributed by atoms with van der Waals surface area (Å²) in [7, 11) is 1.99. The largest absolute Gasteiger partial charge is 0.376 e. The molecule has 0 bridgehead atoms. The van der Waals surface area contributed by atoms with Crippen LogP contribution in [0.4, 0.5) is 0 Å². The lowest BCUT2D eigenvalue weighted by Crippen LogP contribution is -2.60. The summed E-state index contributed by atoms with van der Waals surface area (Å²) in [5.74, 6) is 0.685. The smallest absolute Gasteiger partial charge is 0.0782 e. The van der Waals surface area contributed by atoms with E-state index in [-0.39, 0.29) is 0 Å². The number of fused-ring (bicyclic) bond motifs is 1. The van der Waals surface area contributed by atoms with Gasteiger partial charge in [-0.05, 0) is 31.8 Å². The molecule has 0 saturated carbocycles. The number of hydrogen-bond acceptors (Lipinski definition) is 4. The lowest BCUT2D eigenvalue weighted by Gasteiger charge is -2.49. The van der Waals surface area contributed by atoms with Gasteiger partial charge in [0.25, 0.3) is 0 Å². The van der Waals surface area contributed by atoms with Crippen molar-refractivity contribution < 1.29 is 4.74 Å². The molecule has 0 aromatic carbocycles. The third-order valence-electron chi connectivity index (χ3n) is 5.26. The topological polar surface area (TPSA) is 33.5 Å². The molecule has 0 unspecified atom stereocenters. The zero-order valence-corrected chi connectivity index (χ0v) is 14.2. The van der Waals surface area contributed by atoms with Crippen LogP contribution in [0.15, 0.2) is 12.4 Å². The van der Waals surface area contributed by atoms with E-state index in [0.717, 1.165) is 39.3 Å². The molecule has 124 valence electrons. The molecule has 0 aliphatic carbocycles. The van der Waals surface area contributed by atoms with Gasteiger partial charge in [0.1, 0.15) is 0 Å². The summed E-state index contributed by atoms with van der Waals surface area (Å²) in [6.45, 7) is 11.0. The van der Waals surface area contributed by atoms with Gasteiger partial charge in [-0.3, -0.25) is 14.5 Å². The van der Waals surface area contributed by atoms with E-state index >= 15 is 0 Å². The summed E-state index contributed by atoms with van der Waals surface area (Å²) >= 11 is 0. The van der Waals surface area contributed by atoms with Gasteiger partial charge in [0.05, 0.1) is 12.3 Å². The van der Waals surface area contributed by atoms with Crippen LogP contribution in [0.25, 0.3) is 0 Å². The van der Waals surface area contributed by atoms with Gasteiger partial charge in [-0.1, -0.05) is 13.8 Å². The van der Waals surface area contributed by atoms with Crippen molar-refractivity contribution in [3.05, 3.63) is 18.0 Å². The molecular weight excluding hydrogens is 276 g/mol. The molecule has 3 atom stereocenters. The molecule has 2 saturated heterocycles. The number of likely N-dealkylation sites (tertiary alicyclic amines) is 1. The summed E-state index contributed by atoms with van der Waals surface area (Å²) < 4.78 is 8.09. The fourth-order valence-electron chi connectivity index (χ4n) is 4.22. The highest BCUT2D eigenvalue weighted by molar-refractivity contribution is 5.05. The van der Waals surface area contributed by atoms with Gasteiger partial charge in [-0.15, -0.1) is 0 Å². The van der Waals surface area contributed by atoms with Crippen LogP contribution in [0.5, 0.6) is 0 Å². The number of nitrogens with zero attached hydrogens (tertiary/aromatic N) is 4. The van der Waals surface area contributed by atoms with E-state index in [2.05, 4.69) is 34.9 Å². The van der Waals surface area contributed by atoms with Gasteiger partial charge < -0.3 is 4.74 Å². The molecule has 22 heavy (non-hydrogen) atoms. The van der Waals surface area contributed by atoms with Crippen LogP contribution in [-0.4, -0.2) is 64.5 Å². The lowest BCUT2D eigenvalue weighted by atomic mass is 9.84. The first-order valence-corrected chi connectivity index (χ1v) is 8.76. The molecule has 1 aromatic heterocycles. The Bertz CT molecular complexity index is 471. The monoisotopic (exact) mass is 306 g/mol. The van der Waals surface area contributed by atoms with Gasteiger partial charge >= 0.3 is 0 Å². The number of aryl methyl sites for hydroxylation is 1. The third kappa shape index (κ3) is 3.36. The Balaban J connectivity index is 1.72. The number of aromatic nitrogens is 2. The predicted octanol–water partition coefficient (Wildman–Crippen LogP) is 1.74. The van der Waals surface area contributed by atoms with Crippen molar-refractivity contribution in [3.63, 3.8) is 0 Å². The number of piperidine rings is 1. The molecule has 1 aromatic rings. The zero-order chi connectivity index (χ0) is 15.5. The molecule has 3 heterocycles. The minimum atomic E-state index is 0.429. The number of hydrogen-bond donors (Lipinski definition) is 0. The Hall–Kier alpha value is -0.910. The lowest BCUT2D eigenvalue weighted by molar-refractivity contribution is -0.114. The first-order chi connectivity index (χ1) is 10.7. The molecule has 0 spiro atoms. The van der Waals surface area contributed by atoms with E-state index in [1.165, 1.54) is 18.4 Å². The van der Waals surface area contributed by atoms with Crippen molar-refractivity contribution in [2.75, 3.05) is 32.8 Å². The minimum Gasteiger partial charge on any atom is -0.376 e. The molecule has 5 nitrogen and oxygen atoms in total. The molecule has 2 fully saturated rings. The second-order valence-electron chi connectivity index (χ2n) is 6.74. The van der Waals surface area contributed by atoms with Crippen molar-refractivity contribution in [2.24, 2.45) is 13.0 Å². The highest BCUT2D eigenvalue weighted by Crippen LogP contribution is 2.31. The molecule has 0 N–H and O–H groups in total. The summed E-state index contributed by atoms with van der Waals surface area (Å²) in [6.07, 6.45) is 7.09. The van der Waals surface area contributed by atoms with E-state index in [1.807, 2.05) is 17.9 Å². The van der Waals surface area contributed by atoms with E-state index in [1.54, 1.807) is 0 Å². The summed E-state index contributed by atoms with van der Waals surface area (Å²) in [5.41, 5.74) is 1.32. The standard InChI is InChI=1S/C17H30N4O/c1-4-21(5-2)16-13-20(11-14-9-18-19(3)10-14)12-15-7-6-8-22-17(15)16/h9-10,15-17H,4-8,11-13H2,1-3H3/t15-,16+,17-/m0/s1. The molecule has 5 heteroatoms. The predicted molar refractivity (Wildman–Crippen MR) is 87.7 cm³/mol. The van der Waals surface area contributed by atoms with Gasteiger partial charge in [0.15, 0.2) is 0 Å². The van der Waals surface area contributed by atoms with Crippen LogP contribution in [0.3, 0.4) is 0 Å². The summed E-state index contributed by atoms with van der Waals surface area (Å²) in [4.78, 5) is 5.19. The molecule has 0 amide bonds. The molecule has 0 radical (unpaired) electrons. The second kappa shape index (κ2) is 7.11. The second-order valence-corrected chi connectivity index (χ2v) is 6.74. The van der Waals surface area contributed by atoms with Crippen LogP contribution < -0.4 is 0 Å². The van der Waals surface area contributed by atoms with Crippen molar-refractivity contribution in [1.82, 2.24) is 19.6 Å². The zero-order valence-electron chi connectivity index (χ0n) is 14.2. The Morgan fingerprint density at radius 3 is 2.82 bits per heavy atom. The van der Waals surface area contributed by atoms with Crippen LogP contribution in [0.2, 0.25) is 0 Å². The molecular formula is C17H30N4O. The van der Waals surface area contributed by atoms with Crippen molar-refractivity contribution in [2.45, 2.75) is 45.4 Å². The van der Waals surface area contributed by atoms with Gasteiger partial charge in [-0.2, -0.15) is 5.10 Å². The highest BCUT2D eigenvalue weighted by Gasteiger charge is 2.41. The fraction of sp³-hybridized carbons (Fsp3) is 0.824. The van der Waals surface area contributed by atoms with Crippen LogP contribution >= 0.6 is 0 Å². The number of rotatable bonds is 5. The molecule has 2 aliphatic heterocycles. The average Bonchev–Trinajstić information content (AvgIpc) is 2.93. The Morgan fingerprint density at radius 2 is 2.14 bits per heavy atom. The van der Waals surface area contributed by atoms with Gasteiger partial charge in [-0.25, -0.2) is 0 Å². The summed E-state index contributed by atoms with van der Waals surface area (Å²) in [6, 6.07) is 0.533. The quantitative estimate of drug-likeness (QED) is 0.830. The first-order valence-electron chi connectivity index (χ1n) is 8.76. The summed E-state index contributed by atoms with van der Waals surface area (Å²) in [5, 5.41) is 4.30. The van der Waals surface area contributed by atoms with E-state index < -0.39 is 0 Å². The Kier molecular flexibility index (Phi) is 5.16. The average molecular weight is 306 g/mol. The van der Waals surface area contributed by atoms with E-state index in [9.17, 15) is 0 Å². The van der Waals surface area contributed by atoms with Crippen LogP contribution in [-0.2, 0) is 18.3 Å². The minimum absolute atomic E-state index is 0.429. The molecule has 3 rings (SSSR count). The molecule has 2 aliphatic rings. The van der Waals surface area contributed by atoms with E-state index in [0.29, 0.717) is 18.1 Å². The number of ether oxygens (including phenoxy) is 1. The maximum absolute atomic E-state index is 6.20. The maximum atomic E-state index is 6.20.